The molecule has 0 spiro atoms. The second kappa shape index (κ2) is 6.28. The molecule has 0 radical (unpaired) electrons. The van der Waals surface area contributed by atoms with Gasteiger partial charge in [-0.15, -0.1) is 0 Å². The second-order valence-corrected chi connectivity index (χ2v) is 7.96. The van der Waals surface area contributed by atoms with E-state index in [2.05, 4.69) is 25.2 Å². The summed E-state index contributed by atoms with van der Waals surface area (Å²) in [5, 5.41) is 0. The van der Waals surface area contributed by atoms with Gasteiger partial charge in [-0.05, 0) is 0 Å². The summed E-state index contributed by atoms with van der Waals surface area (Å²) >= 11 is 0.979. The summed E-state index contributed by atoms with van der Waals surface area (Å²) in [5.74, 6) is 0.282. The van der Waals surface area contributed by atoms with Gasteiger partial charge in [-0.25, -0.2) is 0 Å². The van der Waals surface area contributed by atoms with Crippen LogP contribution in [0.25, 0.3) is 0 Å². The van der Waals surface area contributed by atoms with E-state index in [0.29, 0.717) is 0 Å². The van der Waals surface area contributed by atoms with Gasteiger partial charge in [0.2, 0.25) is 0 Å². The number of hydrogen-bond donors (Lipinski definition) is 0. The van der Waals surface area contributed by atoms with Crippen molar-refractivity contribution >= 4 is 5.78 Å². The Hall–Kier alpha value is -0.851. The van der Waals surface area contributed by atoms with Crippen molar-refractivity contribution < 1.29 is 19.8 Å². The van der Waals surface area contributed by atoms with Crippen LogP contribution in [0.4, 0.5) is 0 Å². The molecule has 20 heavy (non-hydrogen) atoms. The number of carbonyl (C=O) groups excluding carboxylic acids is 1. The molecular weight excluding hydrogens is 288 g/mol. The number of hydrogen-bond acceptors (Lipinski definition) is 1. The maximum absolute atomic E-state index is 12.5. The van der Waals surface area contributed by atoms with Gasteiger partial charge in [-0.1, -0.05) is 0 Å². The summed E-state index contributed by atoms with van der Waals surface area (Å²) in [4.78, 5) is 12.5. The van der Waals surface area contributed by atoms with Crippen LogP contribution in [-0.2, 0) is 19.8 Å². The first kappa shape index (κ1) is 15.5. The van der Waals surface area contributed by atoms with Crippen LogP contribution < -0.4 is 0 Å². The minimum atomic E-state index is -0.288. The zero-order chi connectivity index (χ0) is 14.8. The van der Waals surface area contributed by atoms with E-state index in [9.17, 15) is 4.79 Å². The number of allylic oxidation sites excluding steroid dienone is 8. The van der Waals surface area contributed by atoms with E-state index in [1.165, 1.54) is 20.9 Å². The molecule has 0 N–H and O–H groups in total. The monoisotopic (exact) mass is 312 g/mol. The second-order valence-electron chi connectivity index (χ2n) is 6.35. The molecule has 0 aliphatic heterocycles. The van der Waals surface area contributed by atoms with Crippen LogP contribution in [0.3, 0.4) is 0 Å². The van der Waals surface area contributed by atoms with Crippen molar-refractivity contribution in [2.75, 3.05) is 0 Å². The van der Waals surface area contributed by atoms with Gasteiger partial charge >= 0.3 is 129 Å². The third-order valence-electron chi connectivity index (χ3n) is 3.47. The molecule has 0 heterocycles. The van der Waals surface area contributed by atoms with Crippen molar-refractivity contribution in [2.45, 2.75) is 53.4 Å². The Kier molecular flexibility index (Phi) is 4.88. The first-order valence-electron chi connectivity index (χ1n) is 7.39. The molecule has 0 amide bonds. The van der Waals surface area contributed by atoms with Gasteiger partial charge in [-0.2, -0.15) is 0 Å². The van der Waals surface area contributed by atoms with Gasteiger partial charge in [0.1, 0.15) is 0 Å². The molecular formula is C18H24FeO. The van der Waals surface area contributed by atoms with Crippen molar-refractivity contribution in [3.63, 3.8) is 0 Å². The Morgan fingerprint density at radius 2 is 1.80 bits per heavy atom. The number of rotatable bonds is 5. The molecule has 0 unspecified atom stereocenters. The SMILES string of the molecule is CCCC1=[C]([Fe][C]2=C(C(=O)C(C)(C)C)C=CC2)CC=C1. The molecule has 0 aromatic carbocycles. The molecule has 1 nitrogen and oxygen atoms in total. The van der Waals surface area contributed by atoms with E-state index in [1.807, 2.05) is 26.8 Å². The molecule has 2 heteroatoms. The topological polar surface area (TPSA) is 17.1 Å². The Labute approximate surface area is 129 Å². The average Bonchev–Trinajstić information content (AvgIpc) is 2.98. The summed E-state index contributed by atoms with van der Waals surface area (Å²) < 4.78 is 2.84. The van der Waals surface area contributed by atoms with E-state index in [1.54, 1.807) is 0 Å². The molecule has 110 valence electrons. The first-order valence-corrected chi connectivity index (χ1v) is 8.49. The van der Waals surface area contributed by atoms with Gasteiger partial charge in [-0.3, -0.25) is 0 Å². The Morgan fingerprint density at radius 1 is 1.15 bits per heavy atom. The molecule has 0 bridgehead atoms. The Balaban J connectivity index is 2.20. The first-order chi connectivity index (χ1) is 9.43. The quantitative estimate of drug-likeness (QED) is 0.659. The minimum absolute atomic E-state index is 0.282. The van der Waals surface area contributed by atoms with Crippen LogP contribution in [0, 0.1) is 5.41 Å². The van der Waals surface area contributed by atoms with Crippen LogP contribution in [-0.4, -0.2) is 5.78 Å². The molecule has 0 aromatic heterocycles. The van der Waals surface area contributed by atoms with Crippen molar-refractivity contribution in [3.8, 4) is 0 Å². The van der Waals surface area contributed by atoms with Gasteiger partial charge in [0, 0.05) is 0 Å². The molecule has 2 aliphatic rings. The Morgan fingerprint density at radius 3 is 2.45 bits per heavy atom. The summed E-state index contributed by atoms with van der Waals surface area (Å²) in [6.07, 6.45) is 13.1. The molecule has 0 aromatic rings. The molecule has 2 rings (SSSR count). The maximum atomic E-state index is 12.5. The van der Waals surface area contributed by atoms with Crippen molar-refractivity contribution in [3.05, 3.63) is 44.4 Å². The van der Waals surface area contributed by atoms with Gasteiger partial charge in [0.25, 0.3) is 0 Å². The van der Waals surface area contributed by atoms with Gasteiger partial charge < -0.3 is 0 Å². The fraction of sp³-hybridized carbons (Fsp3) is 0.500. The summed E-state index contributed by atoms with van der Waals surface area (Å²) in [7, 11) is 0. The molecule has 2 aliphatic carbocycles. The standard InChI is InChI=1S/C10H13O.C8H11.Fe/c1-10(2,3)9(11)8-6-4-5-7-8;1-2-5-8-6-3-4-7-8;/h4,6H,5H2,1-3H3;3,6H,2,4-5H2,1H3;. The number of carbonyl (C=O) groups is 1. The van der Waals surface area contributed by atoms with Gasteiger partial charge in [0.15, 0.2) is 0 Å². The van der Waals surface area contributed by atoms with Crippen molar-refractivity contribution in [2.24, 2.45) is 5.41 Å². The summed E-state index contributed by atoms with van der Waals surface area (Å²) in [6, 6.07) is 0. The van der Waals surface area contributed by atoms with Gasteiger partial charge in [0.05, 0.1) is 0 Å². The van der Waals surface area contributed by atoms with E-state index in [0.717, 1.165) is 39.8 Å². The normalized spacial score (nSPS) is 18.8. The zero-order valence-electron chi connectivity index (χ0n) is 12.9. The Bertz CT molecular complexity index is 524. The van der Waals surface area contributed by atoms with Crippen LogP contribution >= 0.6 is 0 Å². The fourth-order valence-corrected chi connectivity index (χ4v) is 4.05. The molecule has 0 atom stereocenters. The molecule has 0 saturated carbocycles. The molecule has 0 saturated heterocycles. The van der Waals surface area contributed by atoms with Crippen molar-refractivity contribution in [1.29, 1.82) is 0 Å². The van der Waals surface area contributed by atoms with Crippen LogP contribution in [0.1, 0.15) is 53.4 Å². The summed E-state index contributed by atoms with van der Waals surface area (Å²) in [5.41, 5.74) is 2.17. The summed E-state index contributed by atoms with van der Waals surface area (Å²) in [6.45, 7) is 8.24. The average molecular weight is 312 g/mol. The van der Waals surface area contributed by atoms with E-state index < -0.39 is 0 Å². The van der Waals surface area contributed by atoms with Crippen LogP contribution in [0.5, 0.6) is 0 Å². The third-order valence-corrected chi connectivity index (χ3v) is 5.24. The number of Topliss-reactive ketones (excluding diaryl/α,β-unsaturated/α-hetero) is 1. The predicted molar refractivity (Wildman–Crippen MR) is 80.9 cm³/mol. The third kappa shape index (κ3) is 3.42. The predicted octanol–water partition coefficient (Wildman–Crippen LogP) is 4.91. The fourth-order valence-electron chi connectivity index (χ4n) is 2.39. The van der Waals surface area contributed by atoms with E-state index >= 15 is 0 Å². The van der Waals surface area contributed by atoms with Crippen LogP contribution in [0.2, 0.25) is 0 Å². The van der Waals surface area contributed by atoms with E-state index in [4.69, 9.17) is 0 Å². The number of ketones is 1. The van der Waals surface area contributed by atoms with E-state index in [-0.39, 0.29) is 11.2 Å². The molecule has 0 fully saturated rings. The van der Waals surface area contributed by atoms with Crippen LogP contribution in [0.15, 0.2) is 44.4 Å². The zero-order valence-corrected chi connectivity index (χ0v) is 14.0. The van der Waals surface area contributed by atoms with Crippen molar-refractivity contribution in [1.82, 2.24) is 0 Å².